The fourth-order valence-electron chi connectivity index (χ4n) is 4.61. The first-order chi connectivity index (χ1) is 18.8. The number of carbonyl (C=O) groups excluding carboxylic acids is 1. The van der Waals surface area contributed by atoms with E-state index in [-0.39, 0.29) is 19.1 Å². The Hall–Kier alpha value is -3.07. The molecule has 1 fully saturated rings. The summed E-state index contributed by atoms with van der Waals surface area (Å²) in [5.41, 5.74) is 6.43. The van der Waals surface area contributed by atoms with Gasteiger partial charge in [0.05, 0.1) is 5.02 Å². The molecule has 2 aromatic heterocycles. The van der Waals surface area contributed by atoms with Gasteiger partial charge in [-0.1, -0.05) is 67.4 Å². The van der Waals surface area contributed by atoms with E-state index in [0.717, 1.165) is 50.2 Å². The molecule has 0 aliphatic carbocycles. The third-order valence-electron chi connectivity index (χ3n) is 6.77. The highest BCUT2D eigenvalue weighted by Gasteiger charge is 2.34. The molecule has 0 radical (unpaired) electrons. The molecule has 0 atom stereocenters. The Morgan fingerprint density at radius 1 is 0.974 bits per heavy atom. The number of hydrogen-bond acceptors (Lipinski definition) is 4. The highest BCUT2D eigenvalue weighted by atomic mass is 35.5. The maximum Gasteiger partial charge on any atom is 0.495 e. The summed E-state index contributed by atoms with van der Waals surface area (Å²) in [5.74, 6) is 0. The zero-order valence-corrected chi connectivity index (χ0v) is 23.3. The van der Waals surface area contributed by atoms with Crippen LogP contribution in [0.25, 0.3) is 32.9 Å². The van der Waals surface area contributed by atoms with Crippen molar-refractivity contribution in [1.82, 2.24) is 9.97 Å². The lowest BCUT2D eigenvalue weighted by Gasteiger charge is -2.33. The van der Waals surface area contributed by atoms with Crippen molar-refractivity contribution in [3.8, 4) is 11.1 Å². The van der Waals surface area contributed by atoms with Crippen LogP contribution >= 0.6 is 23.2 Å². The van der Waals surface area contributed by atoms with Gasteiger partial charge in [-0.15, -0.1) is 0 Å². The van der Waals surface area contributed by atoms with Gasteiger partial charge in [0.2, 0.25) is 0 Å². The van der Waals surface area contributed by atoms with Crippen LogP contribution in [0.5, 0.6) is 0 Å². The molecule has 3 heterocycles. The fraction of sp³-hybridized carbons (Fsp3) is 0.233. The number of aromatic amines is 2. The van der Waals surface area contributed by atoms with E-state index < -0.39 is 0 Å². The Morgan fingerprint density at radius 3 is 2.38 bits per heavy atom. The van der Waals surface area contributed by atoms with E-state index in [9.17, 15) is 4.79 Å². The number of aliphatic hydroxyl groups is 1. The summed E-state index contributed by atoms with van der Waals surface area (Å²) in [4.78, 5) is 17.2. The molecule has 3 N–H and O–H groups in total. The number of aromatic nitrogens is 2. The van der Waals surface area contributed by atoms with Crippen LogP contribution in [0.3, 0.4) is 0 Å². The van der Waals surface area contributed by atoms with E-state index in [1.807, 2.05) is 60.8 Å². The molecule has 3 aromatic carbocycles. The number of H-pyrrole nitrogens is 2. The molecule has 6 rings (SSSR count). The van der Waals surface area contributed by atoms with Gasteiger partial charge in [-0.3, -0.25) is 4.79 Å². The van der Waals surface area contributed by atoms with Gasteiger partial charge >= 0.3 is 7.12 Å². The molecule has 0 unspecified atom stereocenters. The molecule has 0 bridgehead atoms. The van der Waals surface area contributed by atoms with Crippen LogP contribution in [-0.4, -0.2) is 48.3 Å². The molecule has 5 aromatic rings. The van der Waals surface area contributed by atoms with Crippen molar-refractivity contribution >= 4 is 63.9 Å². The summed E-state index contributed by atoms with van der Waals surface area (Å²) in [6.45, 7) is 5.75. The minimum absolute atomic E-state index is 0.0706. The summed E-state index contributed by atoms with van der Waals surface area (Å²) in [7, 11) is -0.357. The van der Waals surface area contributed by atoms with Gasteiger partial charge in [0, 0.05) is 75.7 Å². The Labute approximate surface area is 237 Å². The molecular weight excluding hydrogens is 534 g/mol. The van der Waals surface area contributed by atoms with Gasteiger partial charge in [-0.25, -0.2) is 0 Å². The Balaban J connectivity index is 0.000000160. The SMILES string of the molecule is CC1(C)COB(c2cc3cc[nH]c3cc2Cl)OC1.O=Cc1c[nH]c2cc(Cl)c(-c3ccc(CCO)cc3)cc12. The zero-order valence-electron chi connectivity index (χ0n) is 21.8. The lowest BCUT2D eigenvalue weighted by molar-refractivity contribution is 0.0343. The topological polar surface area (TPSA) is 87.3 Å². The van der Waals surface area contributed by atoms with Gasteiger partial charge in [0.1, 0.15) is 0 Å². The number of hydrogen-bond donors (Lipinski definition) is 3. The van der Waals surface area contributed by atoms with Crippen LogP contribution in [0.1, 0.15) is 29.8 Å². The van der Waals surface area contributed by atoms with Crippen LogP contribution in [0.4, 0.5) is 0 Å². The molecule has 0 saturated carbocycles. The number of fused-ring (bicyclic) bond motifs is 2. The van der Waals surface area contributed by atoms with Crippen molar-refractivity contribution in [2.75, 3.05) is 19.8 Å². The zero-order chi connectivity index (χ0) is 27.6. The third kappa shape index (κ3) is 6.08. The number of nitrogens with one attached hydrogen (secondary N) is 2. The second-order valence-electron chi connectivity index (χ2n) is 10.5. The summed E-state index contributed by atoms with van der Waals surface area (Å²) in [6.07, 6.45) is 5.06. The molecule has 6 nitrogen and oxygen atoms in total. The number of halogens is 2. The minimum Gasteiger partial charge on any atom is -0.407 e. The molecule has 1 aliphatic heterocycles. The Bertz CT molecular complexity index is 1600. The van der Waals surface area contributed by atoms with Crippen LogP contribution in [0.15, 0.2) is 67.0 Å². The van der Waals surface area contributed by atoms with Gasteiger partial charge in [-0.05, 0) is 47.2 Å². The lowest BCUT2D eigenvalue weighted by atomic mass is 9.75. The van der Waals surface area contributed by atoms with E-state index in [0.29, 0.717) is 35.2 Å². The van der Waals surface area contributed by atoms with Crippen molar-refractivity contribution in [3.05, 3.63) is 88.2 Å². The largest absolute Gasteiger partial charge is 0.495 e. The summed E-state index contributed by atoms with van der Waals surface area (Å²) < 4.78 is 11.5. The first kappa shape index (κ1) is 27.5. The summed E-state index contributed by atoms with van der Waals surface area (Å²) in [5, 5.41) is 12.2. The average molecular weight is 563 g/mol. The molecule has 0 amide bonds. The van der Waals surface area contributed by atoms with Crippen molar-refractivity contribution in [1.29, 1.82) is 0 Å². The average Bonchev–Trinajstić information content (AvgIpc) is 3.55. The van der Waals surface area contributed by atoms with E-state index in [1.165, 1.54) is 0 Å². The molecule has 200 valence electrons. The van der Waals surface area contributed by atoms with Crippen molar-refractivity contribution in [2.45, 2.75) is 20.3 Å². The lowest BCUT2D eigenvalue weighted by Crippen LogP contribution is -2.47. The smallest absolute Gasteiger partial charge is 0.407 e. The number of aldehydes is 1. The Kier molecular flexibility index (Phi) is 8.17. The monoisotopic (exact) mass is 562 g/mol. The van der Waals surface area contributed by atoms with Crippen LogP contribution in [-0.2, 0) is 15.7 Å². The second kappa shape index (κ2) is 11.6. The molecule has 39 heavy (non-hydrogen) atoms. The third-order valence-corrected chi connectivity index (χ3v) is 7.41. The standard InChI is InChI=1S/C17H14ClNO2.C13H15BClNO2/c18-16-8-17-15(13(10-21)9-19-17)7-14(16)12-3-1-11(2-4-12)5-6-20;1-13(2)7-17-14(18-8-13)10-5-9-3-4-16-12(9)6-11(10)15/h1-4,7-10,19-20H,5-6H2;3-6,16H,7-8H2,1-2H3. The fourth-order valence-corrected chi connectivity index (χ4v) is 5.13. The molecule has 0 spiro atoms. The number of aliphatic hydroxyl groups excluding tert-OH is 1. The van der Waals surface area contributed by atoms with Crippen molar-refractivity contribution < 1.29 is 19.2 Å². The second-order valence-corrected chi connectivity index (χ2v) is 11.3. The van der Waals surface area contributed by atoms with E-state index in [2.05, 4.69) is 23.8 Å². The van der Waals surface area contributed by atoms with Crippen molar-refractivity contribution in [2.24, 2.45) is 5.41 Å². The molecular formula is C30H29BCl2N2O4. The molecule has 1 saturated heterocycles. The number of rotatable bonds is 5. The highest BCUT2D eigenvalue weighted by Crippen LogP contribution is 2.33. The van der Waals surface area contributed by atoms with Crippen LogP contribution in [0, 0.1) is 5.41 Å². The van der Waals surface area contributed by atoms with Crippen molar-refractivity contribution in [3.63, 3.8) is 0 Å². The predicted octanol–water partition coefficient (Wildman–Crippen LogP) is 6.43. The van der Waals surface area contributed by atoms with Crippen LogP contribution < -0.4 is 5.46 Å². The summed E-state index contributed by atoms with van der Waals surface area (Å²) >= 11 is 12.6. The number of carbonyl (C=O) groups is 1. The number of benzene rings is 3. The van der Waals surface area contributed by atoms with Gasteiger partial charge in [0.15, 0.2) is 6.29 Å². The van der Waals surface area contributed by atoms with Gasteiger partial charge in [-0.2, -0.15) is 0 Å². The maximum absolute atomic E-state index is 11.1. The summed E-state index contributed by atoms with van der Waals surface area (Å²) in [6, 6.07) is 17.6. The first-order valence-electron chi connectivity index (χ1n) is 12.7. The van der Waals surface area contributed by atoms with Gasteiger partial charge in [0.25, 0.3) is 0 Å². The minimum atomic E-state index is -0.357. The highest BCUT2D eigenvalue weighted by molar-refractivity contribution is 6.65. The normalized spacial score (nSPS) is 14.8. The quantitative estimate of drug-likeness (QED) is 0.170. The predicted molar refractivity (Wildman–Crippen MR) is 159 cm³/mol. The Morgan fingerprint density at radius 2 is 1.69 bits per heavy atom. The molecule has 9 heteroatoms. The van der Waals surface area contributed by atoms with E-state index in [4.69, 9.17) is 37.6 Å². The van der Waals surface area contributed by atoms with E-state index in [1.54, 1.807) is 6.20 Å². The van der Waals surface area contributed by atoms with E-state index >= 15 is 0 Å². The maximum atomic E-state index is 11.1. The first-order valence-corrected chi connectivity index (χ1v) is 13.5. The van der Waals surface area contributed by atoms with Crippen LogP contribution in [0.2, 0.25) is 10.0 Å². The van der Waals surface area contributed by atoms with Gasteiger partial charge < -0.3 is 24.4 Å². The molecule has 1 aliphatic rings.